The van der Waals surface area contributed by atoms with Gasteiger partial charge in [0.2, 0.25) is 0 Å². The SMILES string of the molecule is Cc1ccc(C2=NN(C(=O)CN3CCN(Cc4ccccc4)CC3)[C@H](c3ccccc3F)C2)cc1C. The maximum atomic E-state index is 14.8. The smallest absolute Gasteiger partial charge is 0.257 e. The van der Waals surface area contributed by atoms with Crippen LogP contribution < -0.4 is 0 Å². The number of hydrogen-bond acceptors (Lipinski definition) is 4. The maximum Gasteiger partial charge on any atom is 0.257 e. The fraction of sp³-hybridized carbons (Fsp3) is 0.333. The van der Waals surface area contributed by atoms with E-state index < -0.39 is 6.04 Å². The predicted molar refractivity (Wildman–Crippen MR) is 141 cm³/mol. The molecule has 0 radical (unpaired) electrons. The van der Waals surface area contributed by atoms with Crippen LogP contribution in [0.25, 0.3) is 0 Å². The number of amides is 1. The summed E-state index contributed by atoms with van der Waals surface area (Å²) in [6.45, 7) is 8.83. The number of aryl methyl sites for hydroxylation is 2. The highest BCUT2D eigenvalue weighted by molar-refractivity contribution is 6.03. The van der Waals surface area contributed by atoms with Crippen LogP contribution in [0.2, 0.25) is 0 Å². The second kappa shape index (κ2) is 10.7. The van der Waals surface area contributed by atoms with Gasteiger partial charge in [0, 0.05) is 44.7 Å². The first kappa shape index (κ1) is 24.3. The van der Waals surface area contributed by atoms with Gasteiger partial charge in [-0.3, -0.25) is 14.6 Å². The Morgan fingerprint density at radius 2 is 1.58 bits per heavy atom. The summed E-state index contributed by atoms with van der Waals surface area (Å²) < 4.78 is 14.8. The Labute approximate surface area is 212 Å². The molecular formula is C30H33FN4O. The zero-order chi connectivity index (χ0) is 25.1. The normalized spacial score (nSPS) is 18.9. The van der Waals surface area contributed by atoms with Gasteiger partial charge in [-0.2, -0.15) is 5.10 Å². The molecule has 2 aliphatic heterocycles. The minimum absolute atomic E-state index is 0.0846. The van der Waals surface area contributed by atoms with Crippen LogP contribution in [0.5, 0.6) is 0 Å². The predicted octanol–water partition coefficient (Wildman–Crippen LogP) is 4.94. The average Bonchev–Trinajstić information content (AvgIpc) is 3.33. The van der Waals surface area contributed by atoms with Crippen molar-refractivity contribution in [3.05, 3.63) is 106 Å². The lowest BCUT2D eigenvalue weighted by molar-refractivity contribution is -0.134. The van der Waals surface area contributed by atoms with Gasteiger partial charge in [0.15, 0.2) is 0 Å². The third-order valence-electron chi connectivity index (χ3n) is 7.34. The van der Waals surface area contributed by atoms with E-state index in [2.05, 4.69) is 60.0 Å². The lowest BCUT2D eigenvalue weighted by Gasteiger charge is -2.35. The quantitative estimate of drug-likeness (QED) is 0.498. The minimum Gasteiger partial charge on any atom is -0.297 e. The molecule has 5 rings (SSSR count). The molecule has 0 spiro atoms. The standard InChI is InChI=1S/C30H33FN4O/c1-22-12-13-25(18-23(22)2)28-19-29(26-10-6-7-11-27(26)31)35(32-28)30(36)21-34-16-14-33(15-17-34)20-24-8-4-3-5-9-24/h3-13,18,29H,14-17,19-21H2,1-2H3/t29-/m0/s1. The van der Waals surface area contributed by atoms with Gasteiger partial charge in [-0.1, -0.05) is 60.7 Å². The van der Waals surface area contributed by atoms with E-state index in [9.17, 15) is 9.18 Å². The summed E-state index contributed by atoms with van der Waals surface area (Å²) >= 11 is 0. The van der Waals surface area contributed by atoms with Gasteiger partial charge in [0.05, 0.1) is 18.3 Å². The van der Waals surface area contributed by atoms with Gasteiger partial charge < -0.3 is 0 Å². The molecule has 0 bridgehead atoms. The molecule has 3 aromatic rings. The van der Waals surface area contributed by atoms with E-state index in [0.29, 0.717) is 12.0 Å². The first-order valence-electron chi connectivity index (χ1n) is 12.7. The molecule has 186 valence electrons. The Morgan fingerprint density at radius 3 is 2.31 bits per heavy atom. The zero-order valence-corrected chi connectivity index (χ0v) is 21.0. The number of carbonyl (C=O) groups excluding carboxylic acids is 1. The van der Waals surface area contributed by atoms with Gasteiger partial charge in [0.25, 0.3) is 5.91 Å². The Hall–Kier alpha value is -3.35. The lowest BCUT2D eigenvalue weighted by Crippen LogP contribution is -2.49. The summed E-state index contributed by atoms with van der Waals surface area (Å²) in [6, 6.07) is 23.0. The highest BCUT2D eigenvalue weighted by atomic mass is 19.1. The van der Waals surface area contributed by atoms with Crippen molar-refractivity contribution in [3.8, 4) is 0 Å². The van der Waals surface area contributed by atoms with Gasteiger partial charge >= 0.3 is 0 Å². The van der Waals surface area contributed by atoms with Crippen molar-refractivity contribution in [3.63, 3.8) is 0 Å². The Morgan fingerprint density at radius 1 is 0.889 bits per heavy atom. The number of rotatable bonds is 6. The summed E-state index contributed by atoms with van der Waals surface area (Å²) in [6.07, 6.45) is 0.500. The number of piperazine rings is 1. The molecule has 36 heavy (non-hydrogen) atoms. The van der Waals surface area contributed by atoms with Crippen LogP contribution in [0.3, 0.4) is 0 Å². The number of hydrogen-bond donors (Lipinski definition) is 0. The third kappa shape index (κ3) is 5.40. The molecule has 5 nitrogen and oxygen atoms in total. The van der Waals surface area contributed by atoms with Crippen LogP contribution in [0, 0.1) is 19.7 Å². The third-order valence-corrected chi connectivity index (χ3v) is 7.34. The lowest BCUT2D eigenvalue weighted by atomic mass is 9.96. The summed E-state index contributed by atoms with van der Waals surface area (Å²) in [5.41, 5.74) is 6.02. The van der Waals surface area contributed by atoms with Crippen LogP contribution in [0.15, 0.2) is 77.9 Å². The van der Waals surface area contributed by atoms with E-state index in [1.54, 1.807) is 12.1 Å². The minimum atomic E-state index is -0.435. The molecule has 2 heterocycles. The molecular weight excluding hydrogens is 451 g/mol. The van der Waals surface area contributed by atoms with Crippen molar-refractivity contribution >= 4 is 11.6 Å². The molecule has 2 aliphatic rings. The van der Waals surface area contributed by atoms with Crippen molar-refractivity contribution in [1.29, 1.82) is 0 Å². The van der Waals surface area contributed by atoms with Crippen LogP contribution in [-0.4, -0.2) is 59.2 Å². The number of nitrogens with zero attached hydrogens (tertiary/aromatic N) is 4. The molecule has 1 atom stereocenters. The van der Waals surface area contributed by atoms with Crippen molar-refractivity contribution in [2.45, 2.75) is 32.9 Å². The van der Waals surface area contributed by atoms with E-state index in [1.807, 2.05) is 18.2 Å². The first-order chi connectivity index (χ1) is 17.5. The van der Waals surface area contributed by atoms with Crippen molar-refractivity contribution < 1.29 is 9.18 Å². The van der Waals surface area contributed by atoms with E-state index in [-0.39, 0.29) is 18.3 Å². The van der Waals surface area contributed by atoms with Crippen molar-refractivity contribution in [2.24, 2.45) is 5.10 Å². The van der Waals surface area contributed by atoms with Gasteiger partial charge in [-0.05, 0) is 48.2 Å². The van der Waals surface area contributed by atoms with Crippen molar-refractivity contribution in [1.82, 2.24) is 14.8 Å². The molecule has 0 N–H and O–H groups in total. The summed E-state index contributed by atoms with van der Waals surface area (Å²) in [5.74, 6) is -0.384. The van der Waals surface area contributed by atoms with Crippen molar-refractivity contribution in [2.75, 3.05) is 32.7 Å². The van der Waals surface area contributed by atoms with E-state index in [1.165, 1.54) is 27.8 Å². The summed E-state index contributed by atoms with van der Waals surface area (Å²) in [5, 5.41) is 6.29. The molecule has 0 saturated carbocycles. The molecule has 3 aromatic carbocycles. The largest absolute Gasteiger partial charge is 0.297 e. The fourth-order valence-corrected chi connectivity index (χ4v) is 5.03. The number of halogens is 1. The summed E-state index contributed by atoms with van der Waals surface area (Å²) in [4.78, 5) is 18.1. The Balaban J connectivity index is 1.29. The number of hydrazone groups is 1. The van der Waals surface area contributed by atoms with Crippen LogP contribution in [0.4, 0.5) is 4.39 Å². The molecule has 1 fully saturated rings. The van der Waals surface area contributed by atoms with Crippen LogP contribution >= 0.6 is 0 Å². The summed E-state index contributed by atoms with van der Waals surface area (Å²) in [7, 11) is 0. The fourth-order valence-electron chi connectivity index (χ4n) is 5.03. The molecule has 1 saturated heterocycles. The van der Waals surface area contributed by atoms with Gasteiger partial charge in [-0.25, -0.2) is 9.40 Å². The number of carbonyl (C=O) groups is 1. The number of benzene rings is 3. The highest BCUT2D eigenvalue weighted by Crippen LogP contribution is 2.34. The van der Waals surface area contributed by atoms with Gasteiger partial charge in [0.1, 0.15) is 5.82 Å². The van der Waals surface area contributed by atoms with E-state index in [4.69, 9.17) is 5.10 Å². The van der Waals surface area contributed by atoms with Crippen LogP contribution in [0.1, 0.15) is 40.3 Å². The zero-order valence-electron chi connectivity index (χ0n) is 21.0. The van der Waals surface area contributed by atoms with Gasteiger partial charge in [-0.15, -0.1) is 0 Å². The monoisotopic (exact) mass is 484 g/mol. The van der Waals surface area contributed by atoms with Crippen LogP contribution in [-0.2, 0) is 11.3 Å². The second-order valence-corrected chi connectivity index (χ2v) is 9.86. The molecule has 0 aliphatic carbocycles. The Bertz CT molecular complexity index is 1250. The average molecular weight is 485 g/mol. The Kier molecular flexibility index (Phi) is 7.25. The topological polar surface area (TPSA) is 39.2 Å². The maximum absolute atomic E-state index is 14.8. The molecule has 6 heteroatoms. The molecule has 0 aromatic heterocycles. The van der Waals surface area contributed by atoms with E-state index >= 15 is 0 Å². The highest BCUT2D eigenvalue weighted by Gasteiger charge is 2.35. The molecule has 1 amide bonds. The first-order valence-corrected chi connectivity index (χ1v) is 12.7. The molecule has 0 unspecified atom stereocenters. The van der Waals surface area contributed by atoms with E-state index in [0.717, 1.165) is 44.0 Å². The second-order valence-electron chi connectivity index (χ2n) is 9.86.